The molecule has 1 heterocycles. The summed E-state index contributed by atoms with van der Waals surface area (Å²) in [4.78, 5) is 17.6. The van der Waals surface area contributed by atoms with Crippen LogP contribution in [0.4, 0.5) is 5.13 Å². The molecule has 0 aliphatic carbocycles. The SMILES string of the molecule is CCc1nc(NC(=O)c2cccc(O)c2C)sc1C. The van der Waals surface area contributed by atoms with Gasteiger partial charge in [0, 0.05) is 16.0 Å². The molecule has 0 bridgehead atoms. The van der Waals surface area contributed by atoms with Gasteiger partial charge >= 0.3 is 0 Å². The predicted octanol–water partition coefficient (Wildman–Crippen LogP) is 3.28. The van der Waals surface area contributed by atoms with Crippen molar-refractivity contribution in [3.63, 3.8) is 0 Å². The van der Waals surface area contributed by atoms with Gasteiger partial charge in [0.1, 0.15) is 5.75 Å². The lowest BCUT2D eigenvalue weighted by atomic mass is 10.1. The van der Waals surface area contributed by atoms with E-state index in [2.05, 4.69) is 10.3 Å². The number of carbonyl (C=O) groups excluding carboxylic acids is 1. The number of phenols is 1. The minimum atomic E-state index is -0.246. The molecule has 0 radical (unpaired) electrons. The van der Waals surface area contributed by atoms with Gasteiger partial charge in [-0.15, -0.1) is 11.3 Å². The van der Waals surface area contributed by atoms with Crippen molar-refractivity contribution in [2.75, 3.05) is 5.32 Å². The Hall–Kier alpha value is -1.88. The number of nitrogens with one attached hydrogen (secondary N) is 1. The third-order valence-electron chi connectivity index (χ3n) is 3.00. The second-order valence-corrected chi connectivity index (χ2v) is 5.48. The van der Waals surface area contributed by atoms with E-state index in [9.17, 15) is 9.90 Å². The van der Waals surface area contributed by atoms with Crippen molar-refractivity contribution < 1.29 is 9.90 Å². The van der Waals surface area contributed by atoms with Gasteiger partial charge in [0.2, 0.25) is 0 Å². The van der Waals surface area contributed by atoms with Crippen molar-refractivity contribution in [2.45, 2.75) is 27.2 Å². The average Bonchev–Trinajstić information content (AvgIpc) is 2.72. The number of benzene rings is 1. The summed E-state index contributed by atoms with van der Waals surface area (Å²) in [7, 11) is 0. The van der Waals surface area contributed by atoms with Crippen LogP contribution in [0.3, 0.4) is 0 Å². The van der Waals surface area contributed by atoms with E-state index in [4.69, 9.17) is 0 Å². The van der Waals surface area contributed by atoms with Crippen molar-refractivity contribution in [2.24, 2.45) is 0 Å². The van der Waals surface area contributed by atoms with Crippen LogP contribution in [0.1, 0.15) is 33.4 Å². The van der Waals surface area contributed by atoms with E-state index in [1.54, 1.807) is 25.1 Å². The fraction of sp³-hybridized carbons (Fsp3) is 0.286. The molecule has 2 aromatic rings. The zero-order chi connectivity index (χ0) is 14.0. The summed E-state index contributed by atoms with van der Waals surface area (Å²) < 4.78 is 0. The minimum absolute atomic E-state index is 0.122. The normalized spacial score (nSPS) is 10.5. The van der Waals surface area contributed by atoms with Crippen molar-refractivity contribution in [1.29, 1.82) is 0 Å². The molecule has 0 atom stereocenters. The highest BCUT2D eigenvalue weighted by Gasteiger charge is 2.14. The molecule has 0 saturated carbocycles. The van der Waals surface area contributed by atoms with Crippen molar-refractivity contribution in [1.82, 2.24) is 4.98 Å². The summed E-state index contributed by atoms with van der Waals surface area (Å²) in [6.45, 7) is 5.74. The van der Waals surface area contributed by atoms with E-state index in [1.165, 1.54) is 11.3 Å². The van der Waals surface area contributed by atoms with Crippen LogP contribution in [0.15, 0.2) is 18.2 Å². The van der Waals surface area contributed by atoms with Gasteiger partial charge in [0.15, 0.2) is 5.13 Å². The van der Waals surface area contributed by atoms with Crippen LogP contribution in [-0.4, -0.2) is 16.0 Å². The Balaban J connectivity index is 2.23. The number of thiazole rings is 1. The van der Waals surface area contributed by atoms with Gasteiger partial charge in [-0.05, 0) is 32.4 Å². The first-order valence-corrected chi connectivity index (χ1v) is 6.90. The Morgan fingerprint density at radius 1 is 1.42 bits per heavy atom. The Kier molecular flexibility index (Phi) is 3.85. The van der Waals surface area contributed by atoms with Gasteiger partial charge in [0.25, 0.3) is 5.91 Å². The van der Waals surface area contributed by atoms with Crippen LogP contribution in [0.2, 0.25) is 0 Å². The number of aromatic hydroxyl groups is 1. The van der Waals surface area contributed by atoms with Crippen LogP contribution in [-0.2, 0) is 6.42 Å². The smallest absolute Gasteiger partial charge is 0.257 e. The van der Waals surface area contributed by atoms with E-state index in [1.807, 2.05) is 13.8 Å². The Morgan fingerprint density at radius 2 is 2.16 bits per heavy atom. The predicted molar refractivity (Wildman–Crippen MR) is 77.0 cm³/mol. The molecule has 0 unspecified atom stereocenters. The summed E-state index contributed by atoms with van der Waals surface area (Å²) in [5.41, 5.74) is 2.04. The van der Waals surface area contributed by atoms with Gasteiger partial charge in [-0.1, -0.05) is 13.0 Å². The number of aryl methyl sites for hydroxylation is 2. The molecule has 100 valence electrons. The van der Waals surface area contributed by atoms with Gasteiger partial charge in [-0.3, -0.25) is 10.1 Å². The fourth-order valence-electron chi connectivity index (χ4n) is 1.84. The van der Waals surface area contributed by atoms with E-state index < -0.39 is 0 Å². The third-order valence-corrected chi connectivity index (χ3v) is 3.93. The zero-order valence-electron chi connectivity index (χ0n) is 11.2. The largest absolute Gasteiger partial charge is 0.508 e. The Labute approximate surface area is 116 Å². The monoisotopic (exact) mass is 276 g/mol. The molecule has 0 aliphatic rings. The van der Waals surface area contributed by atoms with E-state index in [0.29, 0.717) is 16.3 Å². The van der Waals surface area contributed by atoms with Crippen LogP contribution < -0.4 is 5.32 Å². The molecule has 5 heteroatoms. The maximum Gasteiger partial charge on any atom is 0.257 e. The molecule has 0 spiro atoms. The number of phenolic OH excluding ortho intramolecular Hbond substituents is 1. The van der Waals surface area contributed by atoms with E-state index in [0.717, 1.165) is 17.0 Å². The molecule has 0 fully saturated rings. The second kappa shape index (κ2) is 5.40. The molecule has 0 aliphatic heterocycles. The number of hydrogen-bond donors (Lipinski definition) is 2. The minimum Gasteiger partial charge on any atom is -0.508 e. The third kappa shape index (κ3) is 2.76. The second-order valence-electron chi connectivity index (χ2n) is 4.28. The lowest BCUT2D eigenvalue weighted by Crippen LogP contribution is -2.13. The van der Waals surface area contributed by atoms with Gasteiger partial charge < -0.3 is 5.11 Å². The summed E-state index contributed by atoms with van der Waals surface area (Å²) in [5.74, 6) is -0.123. The number of nitrogens with zero attached hydrogens (tertiary/aromatic N) is 1. The number of rotatable bonds is 3. The number of carbonyl (C=O) groups is 1. The molecule has 0 saturated heterocycles. The Morgan fingerprint density at radius 3 is 2.79 bits per heavy atom. The molecule has 19 heavy (non-hydrogen) atoms. The number of hydrogen-bond acceptors (Lipinski definition) is 4. The summed E-state index contributed by atoms with van der Waals surface area (Å²) in [6, 6.07) is 4.91. The van der Waals surface area contributed by atoms with Gasteiger partial charge in [0.05, 0.1) is 5.69 Å². The molecular formula is C14H16N2O2S. The quantitative estimate of drug-likeness (QED) is 0.904. The van der Waals surface area contributed by atoms with Crippen molar-refractivity contribution >= 4 is 22.4 Å². The summed E-state index contributed by atoms with van der Waals surface area (Å²) in [6.07, 6.45) is 0.851. The van der Waals surface area contributed by atoms with Gasteiger partial charge in [-0.2, -0.15) is 0 Å². The van der Waals surface area contributed by atoms with E-state index in [-0.39, 0.29) is 11.7 Å². The highest BCUT2D eigenvalue weighted by molar-refractivity contribution is 7.15. The molecule has 1 aromatic carbocycles. The first-order chi connectivity index (χ1) is 9.02. The van der Waals surface area contributed by atoms with Crippen LogP contribution in [0, 0.1) is 13.8 Å². The van der Waals surface area contributed by atoms with Crippen LogP contribution >= 0.6 is 11.3 Å². The van der Waals surface area contributed by atoms with Crippen molar-refractivity contribution in [3.05, 3.63) is 39.9 Å². The number of amides is 1. The standard InChI is InChI=1S/C14H16N2O2S/c1-4-11-9(3)19-14(15-11)16-13(18)10-6-5-7-12(17)8(10)2/h5-7,17H,4H2,1-3H3,(H,15,16,18). The topological polar surface area (TPSA) is 62.2 Å². The van der Waals surface area contributed by atoms with E-state index >= 15 is 0 Å². The first kappa shape index (κ1) is 13.5. The molecule has 4 nitrogen and oxygen atoms in total. The first-order valence-electron chi connectivity index (χ1n) is 6.09. The molecule has 1 amide bonds. The summed E-state index contributed by atoms with van der Waals surface area (Å²) >= 11 is 1.47. The lowest BCUT2D eigenvalue weighted by Gasteiger charge is -2.06. The average molecular weight is 276 g/mol. The number of aromatic nitrogens is 1. The highest BCUT2D eigenvalue weighted by Crippen LogP contribution is 2.24. The highest BCUT2D eigenvalue weighted by atomic mass is 32.1. The molecule has 2 N–H and O–H groups in total. The summed E-state index contributed by atoms with van der Waals surface area (Å²) in [5, 5.41) is 13.0. The van der Waals surface area contributed by atoms with Gasteiger partial charge in [-0.25, -0.2) is 4.98 Å². The Bertz CT molecular complexity index is 620. The molecule has 2 rings (SSSR count). The van der Waals surface area contributed by atoms with Crippen molar-refractivity contribution in [3.8, 4) is 5.75 Å². The maximum absolute atomic E-state index is 12.1. The molecular weight excluding hydrogens is 260 g/mol. The van der Waals surface area contributed by atoms with Crippen LogP contribution in [0.25, 0.3) is 0 Å². The number of anilines is 1. The maximum atomic E-state index is 12.1. The molecule has 1 aromatic heterocycles. The van der Waals surface area contributed by atoms with Crippen LogP contribution in [0.5, 0.6) is 5.75 Å². The lowest BCUT2D eigenvalue weighted by molar-refractivity contribution is 0.102. The fourth-order valence-corrected chi connectivity index (χ4v) is 2.74. The zero-order valence-corrected chi connectivity index (χ0v) is 12.0.